The van der Waals surface area contributed by atoms with Crippen molar-refractivity contribution in [3.63, 3.8) is 0 Å². The first-order valence-corrected chi connectivity index (χ1v) is 8.94. The second-order valence-corrected chi connectivity index (χ2v) is 6.66. The molecule has 1 aromatic heterocycles. The molecule has 0 aliphatic carbocycles. The number of carbonyl (C=O) groups is 1. The lowest BCUT2D eigenvalue weighted by Gasteiger charge is -2.14. The maximum Gasteiger partial charge on any atom is 0.254 e. The molecule has 1 amide bonds. The smallest absolute Gasteiger partial charge is 0.254 e. The van der Waals surface area contributed by atoms with E-state index in [4.69, 9.17) is 4.74 Å². The zero-order chi connectivity index (χ0) is 17.9. The van der Waals surface area contributed by atoms with E-state index in [1.54, 1.807) is 0 Å². The van der Waals surface area contributed by atoms with Gasteiger partial charge in [0.1, 0.15) is 5.69 Å². The molecular formula is C21H21N3O2. The summed E-state index contributed by atoms with van der Waals surface area (Å²) in [4.78, 5) is 13.1. The van der Waals surface area contributed by atoms with Gasteiger partial charge in [-0.05, 0) is 31.9 Å². The number of nitrogens with one attached hydrogen (secondary N) is 1. The molecule has 2 aromatic carbocycles. The van der Waals surface area contributed by atoms with E-state index in [1.807, 2.05) is 55.5 Å². The molecule has 0 spiro atoms. The minimum Gasteiger partial charge on any atom is -0.376 e. The summed E-state index contributed by atoms with van der Waals surface area (Å²) in [5.74, 6) is -0.134. The van der Waals surface area contributed by atoms with E-state index in [0.717, 1.165) is 41.5 Å². The lowest BCUT2D eigenvalue weighted by atomic mass is 10.00. The van der Waals surface area contributed by atoms with E-state index in [1.165, 1.54) is 0 Å². The topological polar surface area (TPSA) is 64.1 Å². The summed E-state index contributed by atoms with van der Waals surface area (Å²) >= 11 is 0. The van der Waals surface area contributed by atoms with E-state index < -0.39 is 0 Å². The van der Waals surface area contributed by atoms with E-state index in [9.17, 15) is 4.79 Å². The number of benzene rings is 2. The molecule has 1 aliphatic heterocycles. The van der Waals surface area contributed by atoms with Gasteiger partial charge in [0.15, 0.2) is 0 Å². The Kier molecular flexibility index (Phi) is 4.63. The Labute approximate surface area is 152 Å². The van der Waals surface area contributed by atoms with Gasteiger partial charge >= 0.3 is 0 Å². The molecule has 3 aromatic rings. The highest BCUT2D eigenvalue weighted by Gasteiger charge is 2.22. The van der Waals surface area contributed by atoms with Crippen LogP contribution in [0.25, 0.3) is 22.2 Å². The van der Waals surface area contributed by atoms with Gasteiger partial charge < -0.3 is 10.1 Å². The van der Waals surface area contributed by atoms with Gasteiger partial charge in [0.25, 0.3) is 5.91 Å². The van der Waals surface area contributed by atoms with Crippen molar-refractivity contribution in [1.82, 2.24) is 15.5 Å². The predicted molar refractivity (Wildman–Crippen MR) is 101 cm³/mol. The standard InChI is InChI=1S/C21H21N3O2/c1-14-9-10-18-17(12-14)19(21(25)22-13-16-8-5-11-26-16)20(24-23-18)15-6-3-2-4-7-15/h2-4,6-7,9-10,12,16H,5,8,11,13H2,1H3,(H,22,25). The van der Waals surface area contributed by atoms with Gasteiger partial charge in [0.05, 0.1) is 17.2 Å². The van der Waals surface area contributed by atoms with Crippen molar-refractivity contribution in [3.8, 4) is 11.3 Å². The fraction of sp³-hybridized carbons (Fsp3) is 0.286. The van der Waals surface area contributed by atoms with Gasteiger partial charge in [-0.25, -0.2) is 0 Å². The molecule has 2 heterocycles. The Morgan fingerprint density at radius 2 is 2.04 bits per heavy atom. The van der Waals surface area contributed by atoms with E-state index >= 15 is 0 Å². The Hall–Kier alpha value is -2.79. The van der Waals surface area contributed by atoms with Crippen LogP contribution in [0.2, 0.25) is 0 Å². The van der Waals surface area contributed by atoms with Crippen LogP contribution < -0.4 is 5.32 Å². The predicted octanol–water partition coefficient (Wildman–Crippen LogP) is 3.51. The normalized spacial score (nSPS) is 16.7. The van der Waals surface area contributed by atoms with Crippen molar-refractivity contribution in [3.05, 3.63) is 59.7 Å². The number of amides is 1. The third-order valence-corrected chi connectivity index (χ3v) is 4.70. The van der Waals surface area contributed by atoms with Crippen LogP contribution >= 0.6 is 0 Å². The zero-order valence-corrected chi connectivity index (χ0v) is 14.7. The minimum absolute atomic E-state index is 0.0990. The number of nitrogens with zero attached hydrogens (tertiary/aromatic N) is 2. The van der Waals surface area contributed by atoms with E-state index in [-0.39, 0.29) is 12.0 Å². The molecule has 0 bridgehead atoms. The molecule has 1 saturated heterocycles. The molecule has 1 aliphatic rings. The maximum absolute atomic E-state index is 13.1. The highest BCUT2D eigenvalue weighted by Crippen LogP contribution is 2.27. The molecule has 1 fully saturated rings. The fourth-order valence-corrected chi connectivity index (χ4v) is 3.35. The summed E-state index contributed by atoms with van der Waals surface area (Å²) in [7, 11) is 0. The second-order valence-electron chi connectivity index (χ2n) is 6.66. The molecule has 0 saturated carbocycles. The zero-order valence-electron chi connectivity index (χ0n) is 14.7. The summed E-state index contributed by atoms with van der Waals surface area (Å²) in [6.45, 7) is 3.30. The Morgan fingerprint density at radius 3 is 2.81 bits per heavy atom. The molecule has 1 N–H and O–H groups in total. The van der Waals surface area contributed by atoms with Crippen LogP contribution in [0.4, 0.5) is 0 Å². The summed E-state index contributed by atoms with van der Waals surface area (Å²) in [5, 5.41) is 12.5. The number of carbonyl (C=O) groups excluding carboxylic acids is 1. The highest BCUT2D eigenvalue weighted by atomic mass is 16.5. The largest absolute Gasteiger partial charge is 0.376 e. The molecular weight excluding hydrogens is 326 g/mol. The van der Waals surface area contributed by atoms with Gasteiger partial charge in [-0.3, -0.25) is 4.79 Å². The molecule has 5 nitrogen and oxygen atoms in total. The summed E-state index contributed by atoms with van der Waals surface area (Å²) in [6.07, 6.45) is 2.14. The summed E-state index contributed by atoms with van der Waals surface area (Å²) < 4.78 is 5.62. The average molecular weight is 347 g/mol. The number of hydrogen-bond acceptors (Lipinski definition) is 4. The lowest BCUT2D eigenvalue weighted by molar-refractivity contribution is 0.0859. The first-order chi connectivity index (χ1) is 12.7. The van der Waals surface area contributed by atoms with Crippen LogP contribution in [0.3, 0.4) is 0 Å². The molecule has 132 valence electrons. The number of aromatic nitrogens is 2. The van der Waals surface area contributed by atoms with E-state index in [2.05, 4.69) is 15.5 Å². The number of fused-ring (bicyclic) bond motifs is 1. The lowest BCUT2D eigenvalue weighted by Crippen LogP contribution is -2.32. The number of rotatable bonds is 4. The van der Waals surface area contributed by atoms with E-state index in [0.29, 0.717) is 17.8 Å². The summed E-state index contributed by atoms with van der Waals surface area (Å²) in [5.41, 5.74) is 3.86. The van der Waals surface area contributed by atoms with Crippen molar-refractivity contribution in [2.75, 3.05) is 13.2 Å². The third-order valence-electron chi connectivity index (χ3n) is 4.70. The molecule has 1 atom stereocenters. The average Bonchev–Trinajstić information content (AvgIpc) is 3.19. The first kappa shape index (κ1) is 16.7. The van der Waals surface area contributed by atoms with Crippen LogP contribution in [0, 0.1) is 6.92 Å². The van der Waals surface area contributed by atoms with Crippen LogP contribution in [0.1, 0.15) is 28.8 Å². The first-order valence-electron chi connectivity index (χ1n) is 8.94. The van der Waals surface area contributed by atoms with Gasteiger partial charge in [-0.2, -0.15) is 0 Å². The van der Waals surface area contributed by atoms with Gasteiger partial charge in [0.2, 0.25) is 0 Å². The Balaban J connectivity index is 1.78. The summed E-state index contributed by atoms with van der Waals surface area (Å²) in [6, 6.07) is 15.6. The van der Waals surface area contributed by atoms with Gasteiger partial charge in [-0.15, -0.1) is 10.2 Å². The Bertz CT molecular complexity index is 935. The maximum atomic E-state index is 13.1. The Morgan fingerprint density at radius 1 is 1.19 bits per heavy atom. The number of aryl methyl sites for hydroxylation is 1. The quantitative estimate of drug-likeness (QED) is 0.784. The van der Waals surface area contributed by atoms with Crippen molar-refractivity contribution < 1.29 is 9.53 Å². The van der Waals surface area contributed by atoms with Crippen LogP contribution in [-0.2, 0) is 4.74 Å². The molecule has 4 rings (SSSR count). The van der Waals surface area contributed by atoms with Crippen molar-refractivity contribution in [2.24, 2.45) is 0 Å². The van der Waals surface area contributed by atoms with Crippen molar-refractivity contribution in [1.29, 1.82) is 0 Å². The fourth-order valence-electron chi connectivity index (χ4n) is 3.35. The second kappa shape index (κ2) is 7.22. The van der Waals surface area contributed by atoms with Crippen molar-refractivity contribution >= 4 is 16.8 Å². The number of ether oxygens (including phenoxy) is 1. The minimum atomic E-state index is -0.134. The van der Waals surface area contributed by atoms with Crippen molar-refractivity contribution in [2.45, 2.75) is 25.9 Å². The van der Waals surface area contributed by atoms with Crippen LogP contribution in [0.15, 0.2) is 48.5 Å². The molecule has 5 heteroatoms. The number of hydrogen-bond donors (Lipinski definition) is 1. The van der Waals surface area contributed by atoms with Gasteiger partial charge in [-0.1, -0.05) is 42.0 Å². The van der Waals surface area contributed by atoms with Crippen LogP contribution in [0.5, 0.6) is 0 Å². The monoisotopic (exact) mass is 347 g/mol. The highest BCUT2D eigenvalue weighted by molar-refractivity contribution is 6.10. The third kappa shape index (κ3) is 3.30. The molecule has 1 unspecified atom stereocenters. The van der Waals surface area contributed by atoms with Crippen LogP contribution in [-0.4, -0.2) is 35.4 Å². The molecule has 0 radical (unpaired) electrons. The van der Waals surface area contributed by atoms with Gasteiger partial charge in [0, 0.05) is 24.1 Å². The molecule has 26 heavy (non-hydrogen) atoms. The SMILES string of the molecule is Cc1ccc2nnc(-c3ccccc3)c(C(=O)NCC3CCCO3)c2c1.